The van der Waals surface area contributed by atoms with Crippen LogP contribution in [0.15, 0.2) is 23.3 Å². The topological polar surface area (TPSA) is 88.1 Å². The van der Waals surface area contributed by atoms with Crippen molar-refractivity contribution in [3.05, 3.63) is 28.8 Å². The fraction of sp³-hybridized carbons (Fsp3) is 0.333. The number of carbonyl (C=O) groups is 3. The lowest BCUT2D eigenvalue weighted by molar-refractivity contribution is -0.133. The zero-order valence-electron chi connectivity index (χ0n) is 12.7. The summed E-state index contributed by atoms with van der Waals surface area (Å²) in [6, 6.07) is 4.90. The van der Waals surface area contributed by atoms with Crippen LogP contribution in [-0.2, 0) is 19.1 Å². The van der Waals surface area contributed by atoms with E-state index in [0.29, 0.717) is 10.7 Å². The van der Waals surface area contributed by atoms with Gasteiger partial charge in [0.2, 0.25) is 5.91 Å². The highest BCUT2D eigenvalue weighted by Gasteiger charge is 2.63. The van der Waals surface area contributed by atoms with Crippen LogP contribution in [0, 0.1) is 12.8 Å². The van der Waals surface area contributed by atoms with Crippen LogP contribution in [0.25, 0.3) is 0 Å². The van der Waals surface area contributed by atoms with Gasteiger partial charge in [0.05, 0.1) is 12.8 Å². The Morgan fingerprint density at radius 2 is 2.13 bits per heavy atom. The summed E-state index contributed by atoms with van der Waals surface area (Å²) in [4.78, 5) is 38.3. The number of hydrogen-bond acceptors (Lipinski definition) is 6. The minimum atomic E-state index is -1.31. The Morgan fingerprint density at radius 3 is 2.74 bits per heavy atom. The third-order valence-corrected chi connectivity index (χ3v) is 4.59. The minimum absolute atomic E-state index is 0.103. The van der Waals surface area contributed by atoms with Crippen LogP contribution in [0.4, 0.5) is 5.69 Å². The maximum absolute atomic E-state index is 12.8. The van der Waals surface area contributed by atoms with Crippen molar-refractivity contribution in [1.82, 2.24) is 5.43 Å². The van der Waals surface area contributed by atoms with Crippen molar-refractivity contribution < 1.29 is 19.1 Å². The SMILES string of the molecule is COC(=O)C1=NNC2(C)C(=O)N(c3ccc(C)c(Cl)c3)C(=O)C12. The Balaban J connectivity index is 2.05. The summed E-state index contributed by atoms with van der Waals surface area (Å²) in [6.07, 6.45) is 0. The maximum Gasteiger partial charge on any atom is 0.355 e. The molecule has 2 aliphatic heterocycles. The number of halogens is 1. The van der Waals surface area contributed by atoms with Gasteiger partial charge in [-0.3, -0.25) is 15.0 Å². The molecule has 23 heavy (non-hydrogen) atoms. The average Bonchev–Trinajstić information content (AvgIpc) is 2.96. The second kappa shape index (κ2) is 5.06. The van der Waals surface area contributed by atoms with Gasteiger partial charge in [-0.2, -0.15) is 5.10 Å². The molecule has 7 nitrogen and oxygen atoms in total. The number of methoxy groups -OCH3 is 1. The number of amides is 2. The van der Waals surface area contributed by atoms with E-state index in [1.54, 1.807) is 18.2 Å². The summed E-state index contributed by atoms with van der Waals surface area (Å²) in [5.74, 6) is -2.79. The van der Waals surface area contributed by atoms with Gasteiger partial charge in [-0.15, -0.1) is 0 Å². The highest BCUT2D eigenvalue weighted by molar-refractivity contribution is 6.47. The first-order chi connectivity index (χ1) is 10.8. The number of fused-ring (bicyclic) bond motifs is 1. The molecule has 2 aliphatic rings. The molecule has 0 bridgehead atoms. The van der Waals surface area contributed by atoms with Gasteiger partial charge >= 0.3 is 5.97 Å². The van der Waals surface area contributed by atoms with Crippen molar-refractivity contribution in [2.24, 2.45) is 11.0 Å². The monoisotopic (exact) mass is 335 g/mol. The van der Waals surface area contributed by atoms with Gasteiger partial charge in [0.1, 0.15) is 11.5 Å². The van der Waals surface area contributed by atoms with Gasteiger partial charge in [0.15, 0.2) is 5.71 Å². The van der Waals surface area contributed by atoms with Gasteiger partial charge < -0.3 is 4.74 Å². The van der Waals surface area contributed by atoms with E-state index >= 15 is 0 Å². The first-order valence-corrected chi connectivity index (χ1v) is 7.26. The van der Waals surface area contributed by atoms with E-state index < -0.39 is 29.2 Å². The van der Waals surface area contributed by atoms with Gasteiger partial charge in [-0.25, -0.2) is 9.69 Å². The normalized spacial score (nSPS) is 26.0. The first kappa shape index (κ1) is 15.5. The number of nitrogens with one attached hydrogen (secondary N) is 1. The Morgan fingerprint density at radius 1 is 1.43 bits per heavy atom. The smallest absolute Gasteiger partial charge is 0.355 e. The molecule has 0 aromatic heterocycles. The molecule has 1 N–H and O–H groups in total. The fourth-order valence-electron chi connectivity index (χ4n) is 2.81. The Hall–Kier alpha value is -2.41. The largest absolute Gasteiger partial charge is 0.464 e. The number of esters is 1. The van der Waals surface area contributed by atoms with E-state index in [4.69, 9.17) is 11.6 Å². The summed E-state index contributed by atoms with van der Waals surface area (Å²) in [5, 5.41) is 4.27. The van der Waals surface area contributed by atoms with E-state index in [9.17, 15) is 14.4 Å². The highest BCUT2D eigenvalue weighted by atomic mass is 35.5. The Kier molecular flexibility index (Phi) is 3.40. The predicted molar refractivity (Wildman–Crippen MR) is 83.2 cm³/mol. The number of aryl methyl sites for hydroxylation is 1. The van der Waals surface area contributed by atoms with Gasteiger partial charge in [-0.1, -0.05) is 17.7 Å². The molecule has 2 amide bonds. The lowest BCUT2D eigenvalue weighted by Gasteiger charge is -2.20. The van der Waals surface area contributed by atoms with Crippen LogP contribution in [0.5, 0.6) is 0 Å². The van der Waals surface area contributed by atoms with Crippen molar-refractivity contribution in [2.45, 2.75) is 19.4 Å². The number of rotatable bonds is 2. The van der Waals surface area contributed by atoms with Crippen molar-refractivity contribution in [3.63, 3.8) is 0 Å². The van der Waals surface area contributed by atoms with Crippen LogP contribution in [-0.4, -0.2) is 36.1 Å². The molecule has 8 heteroatoms. The quantitative estimate of drug-likeness (QED) is 0.644. The number of hydrazone groups is 1. The molecule has 2 unspecified atom stereocenters. The van der Waals surface area contributed by atoms with Crippen molar-refractivity contribution >= 4 is 40.8 Å². The number of ether oxygens (including phenoxy) is 1. The summed E-state index contributed by atoms with van der Waals surface area (Å²) in [5.41, 5.74) is 2.39. The lowest BCUT2D eigenvalue weighted by Crippen LogP contribution is -2.48. The Labute approximate surface area is 137 Å². The molecular formula is C15H14ClN3O4. The Bertz CT molecular complexity index is 776. The molecule has 1 saturated heterocycles. The first-order valence-electron chi connectivity index (χ1n) is 6.89. The van der Waals surface area contributed by atoms with Crippen LogP contribution in [0.3, 0.4) is 0 Å². The number of carbonyl (C=O) groups excluding carboxylic acids is 3. The molecule has 0 saturated carbocycles. The van der Waals surface area contributed by atoms with Gasteiger partial charge in [0.25, 0.3) is 5.91 Å². The van der Waals surface area contributed by atoms with E-state index in [-0.39, 0.29) is 5.71 Å². The maximum atomic E-state index is 12.8. The third-order valence-electron chi connectivity index (χ3n) is 4.18. The molecule has 1 fully saturated rings. The van der Waals surface area contributed by atoms with Crippen LogP contribution >= 0.6 is 11.6 Å². The van der Waals surface area contributed by atoms with Crippen molar-refractivity contribution in [1.29, 1.82) is 0 Å². The molecule has 1 aromatic carbocycles. The van der Waals surface area contributed by atoms with Crippen LogP contribution in [0.2, 0.25) is 5.02 Å². The molecule has 0 radical (unpaired) electrons. The van der Waals surface area contributed by atoms with E-state index in [1.165, 1.54) is 14.0 Å². The second-order valence-electron chi connectivity index (χ2n) is 5.65. The third kappa shape index (κ3) is 2.03. The molecular weight excluding hydrogens is 322 g/mol. The summed E-state index contributed by atoms with van der Waals surface area (Å²) < 4.78 is 4.63. The van der Waals surface area contributed by atoms with E-state index in [2.05, 4.69) is 15.3 Å². The number of anilines is 1. The molecule has 0 spiro atoms. The second-order valence-corrected chi connectivity index (χ2v) is 6.06. The average molecular weight is 336 g/mol. The minimum Gasteiger partial charge on any atom is -0.464 e. The molecule has 0 aliphatic carbocycles. The molecule has 1 aromatic rings. The van der Waals surface area contributed by atoms with Gasteiger partial charge in [0, 0.05) is 5.02 Å². The molecule has 120 valence electrons. The van der Waals surface area contributed by atoms with Crippen molar-refractivity contribution in [3.8, 4) is 0 Å². The zero-order chi connectivity index (χ0) is 16.9. The van der Waals surface area contributed by atoms with Crippen LogP contribution < -0.4 is 10.3 Å². The number of benzene rings is 1. The molecule has 2 heterocycles. The molecule has 3 rings (SSSR count). The van der Waals surface area contributed by atoms with Gasteiger partial charge in [-0.05, 0) is 31.5 Å². The van der Waals surface area contributed by atoms with Crippen molar-refractivity contribution in [2.75, 3.05) is 12.0 Å². The standard InChI is InChI=1S/C15H14ClN3O4/c1-7-4-5-8(6-9(7)16)19-12(20)10-11(13(21)23-3)17-18-15(10,2)14(19)22/h4-6,10,18H,1-3H3. The van der Waals surface area contributed by atoms with E-state index in [1.807, 2.05) is 6.92 Å². The summed E-state index contributed by atoms with van der Waals surface area (Å²) in [6.45, 7) is 3.35. The summed E-state index contributed by atoms with van der Waals surface area (Å²) in [7, 11) is 1.19. The fourth-order valence-corrected chi connectivity index (χ4v) is 2.98. The number of imide groups is 1. The zero-order valence-corrected chi connectivity index (χ0v) is 13.5. The number of nitrogens with zero attached hydrogens (tertiary/aromatic N) is 2. The highest BCUT2D eigenvalue weighted by Crippen LogP contribution is 2.38. The molecule has 2 atom stereocenters. The van der Waals surface area contributed by atoms with Crippen LogP contribution in [0.1, 0.15) is 12.5 Å². The lowest BCUT2D eigenvalue weighted by atomic mass is 9.86. The predicted octanol–water partition coefficient (Wildman–Crippen LogP) is 1.03. The van der Waals surface area contributed by atoms with E-state index in [0.717, 1.165) is 10.5 Å². The summed E-state index contributed by atoms with van der Waals surface area (Å²) >= 11 is 6.08. The number of hydrogen-bond donors (Lipinski definition) is 1.